The van der Waals surface area contributed by atoms with Gasteiger partial charge in [-0.05, 0) is 6.42 Å². The van der Waals surface area contributed by atoms with E-state index in [0.717, 1.165) is 6.42 Å². The molecule has 1 saturated heterocycles. The Morgan fingerprint density at radius 2 is 2.18 bits per heavy atom. The van der Waals surface area contributed by atoms with Crippen molar-refractivity contribution in [3.05, 3.63) is 0 Å². The standard InChI is InChI=1S/C8H15FO2/c1-4-6-5(2)7(9)8(10-3)11-6/h5-8H,4H2,1-3H3/t5-,6-,7-,8?/m1/s1. The lowest BCUT2D eigenvalue weighted by molar-refractivity contribution is -0.135. The van der Waals surface area contributed by atoms with Crippen molar-refractivity contribution in [3.63, 3.8) is 0 Å². The highest BCUT2D eigenvalue weighted by molar-refractivity contribution is 4.82. The summed E-state index contributed by atoms with van der Waals surface area (Å²) >= 11 is 0. The Morgan fingerprint density at radius 1 is 1.55 bits per heavy atom. The summed E-state index contributed by atoms with van der Waals surface area (Å²) in [5, 5.41) is 0. The zero-order chi connectivity index (χ0) is 8.43. The van der Waals surface area contributed by atoms with Crippen molar-refractivity contribution in [1.29, 1.82) is 0 Å². The molecule has 2 nitrogen and oxygen atoms in total. The molecule has 0 amide bonds. The Bertz CT molecular complexity index is 111. The van der Waals surface area contributed by atoms with Gasteiger partial charge in [0.05, 0.1) is 6.10 Å². The van der Waals surface area contributed by atoms with Crippen molar-refractivity contribution in [2.75, 3.05) is 7.11 Å². The third kappa shape index (κ3) is 1.54. The van der Waals surface area contributed by atoms with E-state index in [9.17, 15) is 4.39 Å². The lowest BCUT2D eigenvalue weighted by Crippen LogP contribution is -2.22. The first-order chi connectivity index (χ1) is 5.20. The lowest BCUT2D eigenvalue weighted by Gasteiger charge is -2.10. The Kier molecular flexibility index (Phi) is 2.84. The van der Waals surface area contributed by atoms with Crippen LogP contribution in [0, 0.1) is 5.92 Å². The number of ether oxygens (including phenoxy) is 2. The quantitative estimate of drug-likeness (QED) is 0.615. The second kappa shape index (κ2) is 3.50. The minimum absolute atomic E-state index is 0.0231. The number of alkyl halides is 1. The Labute approximate surface area is 66.7 Å². The topological polar surface area (TPSA) is 18.5 Å². The SMILES string of the molecule is CC[C@H]1OC(OC)[C@H](F)[C@@H]1C. The summed E-state index contributed by atoms with van der Waals surface area (Å²) in [6, 6.07) is 0. The molecule has 0 N–H and O–H groups in total. The van der Waals surface area contributed by atoms with E-state index in [1.165, 1.54) is 7.11 Å². The van der Waals surface area contributed by atoms with Gasteiger partial charge in [0, 0.05) is 13.0 Å². The second-order valence-corrected chi connectivity index (χ2v) is 2.99. The summed E-state index contributed by atoms with van der Waals surface area (Å²) in [6.45, 7) is 3.85. The highest BCUT2D eigenvalue weighted by atomic mass is 19.1. The van der Waals surface area contributed by atoms with Crippen molar-refractivity contribution in [3.8, 4) is 0 Å². The molecular weight excluding hydrogens is 147 g/mol. The van der Waals surface area contributed by atoms with Gasteiger partial charge in [-0.25, -0.2) is 4.39 Å². The van der Waals surface area contributed by atoms with Crippen LogP contribution in [0.2, 0.25) is 0 Å². The van der Waals surface area contributed by atoms with Crippen LogP contribution in [-0.2, 0) is 9.47 Å². The predicted molar refractivity (Wildman–Crippen MR) is 40.0 cm³/mol. The summed E-state index contributed by atoms with van der Waals surface area (Å²) in [7, 11) is 1.47. The third-order valence-electron chi connectivity index (χ3n) is 2.29. The van der Waals surface area contributed by atoms with E-state index in [1.807, 2.05) is 13.8 Å². The molecule has 0 aliphatic carbocycles. The maximum absolute atomic E-state index is 13.2. The largest absolute Gasteiger partial charge is 0.353 e. The minimum atomic E-state index is -0.968. The summed E-state index contributed by atoms with van der Waals surface area (Å²) in [5.41, 5.74) is 0. The lowest BCUT2D eigenvalue weighted by atomic mass is 10.0. The van der Waals surface area contributed by atoms with Gasteiger partial charge in [0.15, 0.2) is 12.5 Å². The number of rotatable bonds is 2. The summed E-state index contributed by atoms with van der Waals surface area (Å²) in [4.78, 5) is 0. The Morgan fingerprint density at radius 3 is 2.45 bits per heavy atom. The fraction of sp³-hybridized carbons (Fsp3) is 1.00. The summed E-state index contributed by atoms with van der Waals surface area (Å²) in [5.74, 6) is -0.0371. The molecule has 3 heteroatoms. The average molecular weight is 162 g/mol. The fourth-order valence-corrected chi connectivity index (χ4v) is 1.48. The zero-order valence-corrected chi connectivity index (χ0v) is 7.21. The number of hydrogen-bond donors (Lipinski definition) is 0. The van der Waals surface area contributed by atoms with Crippen LogP contribution in [0.1, 0.15) is 20.3 Å². The van der Waals surface area contributed by atoms with Crippen LogP contribution in [-0.4, -0.2) is 25.7 Å². The smallest absolute Gasteiger partial charge is 0.189 e. The molecule has 0 spiro atoms. The first-order valence-electron chi connectivity index (χ1n) is 4.03. The van der Waals surface area contributed by atoms with Crippen LogP contribution in [0.4, 0.5) is 4.39 Å². The van der Waals surface area contributed by atoms with E-state index in [1.54, 1.807) is 0 Å². The second-order valence-electron chi connectivity index (χ2n) is 2.99. The van der Waals surface area contributed by atoms with E-state index in [2.05, 4.69) is 0 Å². The Hall–Kier alpha value is -0.150. The molecule has 1 heterocycles. The Balaban J connectivity index is 2.53. The molecule has 0 bridgehead atoms. The van der Waals surface area contributed by atoms with Crippen LogP contribution < -0.4 is 0 Å². The van der Waals surface area contributed by atoms with Gasteiger partial charge in [-0.1, -0.05) is 13.8 Å². The fourth-order valence-electron chi connectivity index (χ4n) is 1.48. The third-order valence-corrected chi connectivity index (χ3v) is 2.29. The first-order valence-corrected chi connectivity index (χ1v) is 4.03. The summed E-state index contributed by atoms with van der Waals surface area (Å²) in [6.07, 6.45) is -0.739. The molecule has 0 aromatic carbocycles. The predicted octanol–water partition coefficient (Wildman–Crippen LogP) is 1.74. The first kappa shape index (κ1) is 8.94. The van der Waals surface area contributed by atoms with Crippen LogP contribution in [0.5, 0.6) is 0 Å². The maximum Gasteiger partial charge on any atom is 0.189 e. The van der Waals surface area contributed by atoms with Crippen molar-refractivity contribution in [1.82, 2.24) is 0 Å². The number of methoxy groups -OCH3 is 1. The number of halogens is 1. The zero-order valence-electron chi connectivity index (χ0n) is 7.21. The van der Waals surface area contributed by atoms with E-state index in [0.29, 0.717) is 0 Å². The molecule has 66 valence electrons. The molecule has 1 unspecified atom stereocenters. The van der Waals surface area contributed by atoms with E-state index < -0.39 is 12.5 Å². The molecule has 0 aromatic rings. The van der Waals surface area contributed by atoms with Gasteiger partial charge in [0.2, 0.25) is 0 Å². The van der Waals surface area contributed by atoms with Gasteiger partial charge in [-0.15, -0.1) is 0 Å². The molecule has 1 fully saturated rings. The maximum atomic E-state index is 13.2. The van der Waals surface area contributed by atoms with Gasteiger partial charge >= 0.3 is 0 Å². The van der Waals surface area contributed by atoms with E-state index in [4.69, 9.17) is 9.47 Å². The van der Waals surface area contributed by atoms with E-state index >= 15 is 0 Å². The summed E-state index contributed by atoms with van der Waals surface area (Å²) < 4.78 is 23.3. The molecular formula is C8H15FO2. The molecule has 1 aliphatic heterocycles. The van der Waals surface area contributed by atoms with Gasteiger partial charge < -0.3 is 9.47 Å². The van der Waals surface area contributed by atoms with Gasteiger partial charge in [-0.2, -0.15) is 0 Å². The van der Waals surface area contributed by atoms with Crippen LogP contribution in [0.15, 0.2) is 0 Å². The van der Waals surface area contributed by atoms with Crippen LogP contribution in [0.25, 0.3) is 0 Å². The van der Waals surface area contributed by atoms with Crippen molar-refractivity contribution >= 4 is 0 Å². The normalized spacial score (nSPS) is 44.7. The molecule has 0 radical (unpaired) electrons. The highest BCUT2D eigenvalue weighted by Gasteiger charge is 2.41. The monoisotopic (exact) mass is 162 g/mol. The van der Waals surface area contributed by atoms with E-state index in [-0.39, 0.29) is 12.0 Å². The van der Waals surface area contributed by atoms with Gasteiger partial charge in [0.1, 0.15) is 0 Å². The molecule has 1 aliphatic rings. The highest BCUT2D eigenvalue weighted by Crippen LogP contribution is 2.31. The minimum Gasteiger partial charge on any atom is -0.353 e. The van der Waals surface area contributed by atoms with Crippen molar-refractivity contribution in [2.45, 2.75) is 38.8 Å². The molecule has 0 saturated carbocycles. The molecule has 4 atom stereocenters. The van der Waals surface area contributed by atoms with Crippen molar-refractivity contribution < 1.29 is 13.9 Å². The van der Waals surface area contributed by atoms with Crippen molar-refractivity contribution in [2.24, 2.45) is 5.92 Å². The average Bonchev–Trinajstić information content (AvgIpc) is 2.30. The van der Waals surface area contributed by atoms with Gasteiger partial charge in [0.25, 0.3) is 0 Å². The van der Waals surface area contributed by atoms with Crippen LogP contribution >= 0.6 is 0 Å². The van der Waals surface area contributed by atoms with Crippen LogP contribution in [0.3, 0.4) is 0 Å². The molecule has 1 rings (SSSR count). The number of hydrogen-bond acceptors (Lipinski definition) is 2. The van der Waals surface area contributed by atoms with Gasteiger partial charge in [-0.3, -0.25) is 0 Å². The molecule has 0 aromatic heterocycles. The molecule has 11 heavy (non-hydrogen) atoms.